The van der Waals surface area contributed by atoms with E-state index in [1.165, 1.54) is 70.7 Å². The van der Waals surface area contributed by atoms with Gasteiger partial charge in [0.2, 0.25) is 9.84 Å². The molecule has 7 heteroatoms. The van der Waals surface area contributed by atoms with E-state index in [0.29, 0.717) is 16.2 Å². The average molecular weight is 1030 g/mol. The molecule has 79 heavy (non-hydrogen) atoms. The maximum Gasteiger partial charge on any atom is 0.207 e. The Balaban J connectivity index is 0.678. The van der Waals surface area contributed by atoms with E-state index in [0.717, 1.165) is 68.0 Å². The fourth-order valence-corrected chi connectivity index (χ4v) is 15.5. The lowest BCUT2D eigenvalue weighted by Gasteiger charge is -2.20. The van der Waals surface area contributed by atoms with Crippen LogP contribution in [0.2, 0.25) is 0 Å². The zero-order valence-corrected chi connectivity index (χ0v) is 43.6. The lowest BCUT2D eigenvalue weighted by atomic mass is 9.85. The largest absolute Gasteiger partial charge is 0.310 e. The number of sulfone groups is 1. The van der Waals surface area contributed by atoms with E-state index in [1.807, 2.05) is 18.2 Å². The SMILES string of the molecule is O=S1(=O)C2=CCC(c3ccc(-n4c5ccccc5c5cc(-n6c7ccccc7c7ccccc76)ccc54)cc3)C=C2c2cc(C3C=CC(n4c5ccccc5c5cc(-n6c7ccccc7c7ccccc76)ccc54)=CC3)ccc21. The molecule has 17 rings (SSSR count). The molecule has 2 atom stereocenters. The molecule has 3 aliphatic rings. The summed E-state index contributed by atoms with van der Waals surface area (Å²) < 4.78 is 37.9. The van der Waals surface area contributed by atoms with Crippen molar-refractivity contribution in [2.75, 3.05) is 0 Å². The minimum absolute atomic E-state index is 0.0221. The van der Waals surface area contributed by atoms with Gasteiger partial charge in [0.05, 0.1) is 53.9 Å². The first-order valence-corrected chi connectivity index (χ1v) is 28.8. The Bertz CT molecular complexity index is 5120. The maximum atomic E-state index is 14.2. The zero-order chi connectivity index (χ0) is 52.1. The van der Waals surface area contributed by atoms with Crippen LogP contribution in [0.3, 0.4) is 0 Å². The van der Waals surface area contributed by atoms with Crippen LogP contribution in [0.25, 0.3) is 116 Å². The van der Waals surface area contributed by atoms with Crippen molar-refractivity contribution in [2.45, 2.75) is 29.6 Å². The Morgan fingerprint density at radius 3 is 1.25 bits per heavy atom. The van der Waals surface area contributed by atoms with E-state index >= 15 is 0 Å². The van der Waals surface area contributed by atoms with E-state index < -0.39 is 9.84 Å². The number of benzene rings is 10. The fraction of sp³-hybridized carbons (Fsp3) is 0.0556. The highest BCUT2D eigenvalue weighted by Gasteiger charge is 2.38. The summed E-state index contributed by atoms with van der Waals surface area (Å²) in [6, 6.07) is 80.7. The minimum Gasteiger partial charge on any atom is -0.310 e. The van der Waals surface area contributed by atoms with Crippen LogP contribution in [0.4, 0.5) is 0 Å². The number of hydrogen-bond acceptors (Lipinski definition) is 2. The summed E-state index contributed by atoms with van der Waals surface area (Å²) in [6.07, 6.45) is 12.5. The molecule has 0 saturated heterocycles. The quantitative estimate of drug-likeness (QED) is 0.167. The van der Waals surface area contributed by atoms with E-state index in [9.17, 15) is 8.42 Å². The number of allylic oxidation sites excluding steroid dienone is 7. The highest BCUT2D eigenvalue weighted by molar-refractivity contribution is 7.96. The standard InChI is InChI=1S/C72H48N4O2S/c77-79(78)71-39-29-47(45-25-31-49(32-26-45)73-67-23-11-5-17-57(67)59-43-51(35-37-69(59)73)75-63-19-7-1-13-53(63)54-14-2-8-20-64(54)75)41-61(71)62-42-48(30-40-72(62)79)46-27-33-50(34-28-46)74-68-24-12-6-18-58(68)60-44-52(36-38-70(60)74)76-65-21-9-3-15-55(65)56-16-4-10-22-66(56)76/h1-27,30-44,46-47H,28-29H2. The molecule has 14 aromatic rings. The molecule has 1 aliphatic heterocycles. The van der Waals surface area contributed by atoms with Crippen LogP contribution in [0.5, 0.6) is 0 Å². The summed E-state index contributed by atoms with van der Waals surface area (Å²) in [5, 5.41) is 9.81. The number of hydrogen-bond donors (Lipinski definition) is 0. The van der Waals surface area contributed by atoms with Crippen LogP contribution in [-0.4, -0.2) is 26.7 Å². The highest BCUT2D eigenvalue weighted by Crippen LogP contribution is 2.49. The molecule has 374 valence electrons. The predicted octanol–water partition coefficient (Wildman–Crippen LogP) is 17.9. The molecule has 2 aliphatic carbocycles. The van der Waals surface area contributed by atoms with Gasteiger partial charge < -0.3 is 18.3 Å². The van der Waals surface area contributed by atoms with Crippen LogP contribution in [0.15, 0.2) is 265 Å². The summed E-state index contributed by atoms with van der Waals surface area (Å²) in [6.45, 7) is 0. The van der Waals surface area contributed by atoms with Gasteiger partial charge in [-0.2, -0.15) is 0 Å². The highest BCUT2D eigenvalue weighted by atomic mass is 32.2. The first-order chi connectivity index (χ1) is 38.9. The van der Waals surface area contributed by atoms with E-state index in [4.69, 9.17) is 0 Å². The van der Waals surface area contributed by atoms with Gasteiger partial charge in [0.1, 0.15) is 0 Å². The number of fused-ring (bicyclic) bond motifs is 15. The third-order valence-electron chi connectivity index (χ3n) is 17.4. The van der Waals surface area contributed by atoms with Crippen LogP contribution < -0.4 is 0 Å². The monoisotopic (exact) mass is 1030 g/mol. The van der Waals surface area contributed by atoms with Gasteiger partial charge in [-0.15, -0.1) is 0 Å². The lowest BCUT2D eigenvalue weighted by molar-refractivity contribution is 0.604. The van der Waals surface area contributed by atoms with E-state index in [-0.39, 0.29) is 11.8 Å². The Kier molecular flexibility index (Phi) is 9.37. The third kappa shape index (κ3) is 6.42. The van der Waals surface area contributed by atoms with Crippen LogP contribution >= 0.6 is 0 Å². The molecule has 0 amide bonds. The van der Waals surface area contributed by atoms with E-state index in [1.54, 1.807) is 0 Å². The van der Waals surface area contributed by atoms with Crippen molar-refractivity contribution in [2.24, 2.45) is 0 Å². The van der Waals surface area contributed by atoms with Gasteiger partial charge in [-0.1, -0.05) is 152 Å². The van der Waals surface area contributed by atoms with Gasteiger partial charge in [-0.3, -0.25) is 0 Å². The normalized spacial score (nSPS) is 16.9. The third-order valence-corrected chi connectivity index (χ3v) is 19.3. The van der Waals surface area contributed by atoms with Crippen molar-refractivity contribution in [1.82, 2.24) is 18.3 Å². The number of rotatable bonds is 6. The molecule has 0 bridgehead atoms. The molecule has 2 unspecified atom stereocenters. The number of aromatic nitrogens is 4. The summed E-state index contributed by atoms with van der Waals surface area (Å²) in [7, 11) is -3.64. The first kappa shape index (κ1) is 44.4. The van der Waals surface area contributed by atoms with Crippen molar-refractivity contribution in [1.29, 1.82) is 0 Å². The van der Waals surface area contributed by atoms with Crippen molar-refractivity contribution in [3.8, 4) is 17.1 Å². The second-order valence-corrected chi connectivity index (χ2v) is 23.4. The van der Waals surface area contributed by atoms with Gasteiger partial charge in [0.15, 0.2) is 0 Å². The van der Waals surface area contributed by atoms with Gasteiger partial charge >= 0.3 is 0 Å². The Morgan fingerprint density at radius 2 is 0.759 bits per heavy atom. The molecule has 10 aromatic carbocycles. The number of para-hydroxylation sites is 6. The van der Waals surface area contributed by atoms with Gasteiger partial charge in [0.25, 0.3) is 0 Å². The fourth-order valence-electron chi connectivity index (χ4n) is 13.8. The molecule has 6 nitrogen and oxygen atoms in total. The van der Waals surface area contributed by atoms with Crippen LogP contribution in [0, 0.1) is 0 Å². The summed E-state index contributed by atoms with van der Waals surface area (Å²) in [4.78, 5) is 0.839. The predicted molar refractivity (Wildman–Crippen MR) is 327 cm³/mol. The molecule has 0 N–H and O–H groups in total. The Morgan fingerprint density at radius 1 is 0.354 bits per heavy atom. The number of nitrogens with zero attached hydrogens (tertiary/aromatic N) is 4. The van der Waals surface area contributed by atoms with Crippen LogP contribution in [0.1, 0.15) is 41.4 Å². The molecule has 4 aromatic heterocycles. The summed E-state index contributed by atoms with van der Waals surface area (Å²) >= 11 is 0. The lowest BCUT2D eigenvalue weighted by Crippen LogP contribution is -2.05. The van der Waals surface area contributed by atoms with E-state index in [2.05, 4.69) is 255 Å². The second kappa shape index (κ2) is 16.7. The Hall–Kier alpha value is -9.69. The molecule has 0 radical (unpaired) electrons. The molecule has 5 heterocycles. The van der Waals surface area contributed by atoms with Gasteiger partial charge in [-0.25, -0.2) is 8.42 Å². The molecule has 0 spiro atoms. The van der Waals surface area contributed by atoms with Crippen molar-refractivity contribution in [3.63, 3.8) is 0 Å². The molecule has 0 fully saturated rings. The second-order valence-electron chi connectivity index (χ2n) is 21.5. The van der Waals surface area contributed by atoms with Gasteiger partial charge in [0, 0.05) is 83.2 Å². The van der Waals surface area contributed by atoms with Crippen LogP contribution in [-0.2, 0) is 9.84 Å². The molecular formula is C72H48N4O2S. The topological polar surface area (TPSA) is 53.9 Å². The minimum atomic E-state index is -3.64. The molecule has 0 saturated carbocycles. The smallest absolute Gasteiger partial charge is 0.207 e. The summed E-state index contributed by atoms with van der Waals surface area (Å²) in [5.41, 5.74) is 17.8. The average Bonchev–Trinajstić information content (AvgIpc) is 4.42. The van der Waals surface area contributed by atoms with Crippen molar-refractivity contribution >= 4 is 108 Å². The van der Waals surface area contributed by atoms with Crippen molar-refractivity contribution in [3.05, 3.63) is 276 Å². The summed E-state index contributed by atoms with van der Waals surface area (Å²) in [5.74, 6) is 0.113. The molecular weight excluding hydrogens is 985 g/mol. The Labute approximate surface area is 455 Å². The van der Waals surface area contributed by atoms with Gasteiger partial charge in [-0.05, 0) is 133 Å². The zero-order valence-electron chi connectivity index (χ0n) is 42.8. The first-order valence-electron chi connectivity index (χ1n) is 27.3. The van der Waals surface area contributed by atoms with Crippen molar-refractivity contribution < 1.29 is 8.42 Å². The maximum absolute atomic E-state index is 14.2.